The highest BCUT2D eigenvalue weighted by Crippen LogP contribution is 2.46. The number of benzene rings is 1. The molecular weight excluding hydrogens is 429 g/mol. The second kappa shape index (κ2) is 9.36. The highest BCUT2D eigenvalue weighted by atomic mass is 19.4. The Morgan fingerprint density at radius 2 is 1.69 bits per heavy atom. The van der Waals surface area contributed by atoms with Gasteiger partial charge in [-0.3, -0.25) is 9.59 Å². The van der Waals surface area contributed by atoms with Crippen molar-refractivity contribution in [1.29, 1.82) is 0 Å². The Morgan fingerprint density at radius 3 is 2.16 bits per heavy atom. The van der Waals surface area contributed by atoms with Crippen molar-refractivity contribution < 1.29 is 41.7 Å². The minimum absolute atomic E-state index is 0.00916. The Labute approximate surface area is 185 Å². The maximum atomic E-state index is 13.7. The second-order valence-corrected chi connectivity index (χ2v) is 7.80. The smallest absolute Gasteiger partial charge is 0.411 e. The van der Waals surface area contributed by atoms with Gasteiger partial charge in [-0.15, -0.1) is 0 Å². The number of hydrogen-bond acceptors (Lipinski definition) is 6. The molecule has 9 heteroatoms. The molecule has 0 saturated heterocycles. The summed E-state index contributed by atoms with van der Waals surface area (Å²) in [5.74, 6) is -0.554. The van der Waals surface area contributed by atoms with Crippen molar-refractivity contribution in [3.8, 4) is 17.2 Å². The zero-order chi connectivity index (χ0) is 24.4. The lowest BCUT2D eigenvalue weighted by atomic mass is 9.79. The molecule has 0 aliphatic heterocycles. The van der Waals surface area contributed by atoms with E-state index in [1.807, 2.05) is 13.8 Å². The summed E-state index contributed by atoms with van der Waals surface area (Å²) in [6.45, 7) is 4.83. The summed E-state index contributed by atoms with van der Waals surface area (Å²) >= 11 is 0. The molecule has 0 spiro atoms. The molecule has 32 heavy (non-hydrogen) atoms. The van der Waals surface area contributed by atoms with Gasteiger partial charge >= 0.3 is 6.18 Å². The summed E-state index contributed by atoms with van der Waals surface area (Å²) in [5, 5.41) is 0. The summed E-state index contributed by atoms with van der Waals surface area (Å²) in [6.07, 6.45) is -2.35. The number of carbonyl (C=O) groups excluding carboxylic acids is 2. The molecule has 0 bridgehead atoms. The predicted molar refractivity (Wildman–Crippen MR) is 112 cm³/mol. The molecule has 0 fully saturated rings. The van der Waals surface area contributed by atoms with Crippen LogP contribution in [0.25, 0.3) is 0 Å². The summed E-state index contributed by atoms with van der Waals surface area (Å²) in [7, 11) is 4.22. The van der Waals surface area contributed by atoms with E-state index < -0.39 is 30.0 Å². The zero-order valence-corrected chi connectivity index (χ0v) is 19.1. The molecular formula is C23H27F3O6. The lowest BCUT2D eigenvalue weighted by Crippen LogP contribution is -2.40. The van der Waals surface area contributed by atoms with Crippen molar-refractivity contribution in [3.05, 3.63) is 40.5 Å². The largest absolute Gasteiger partial charge is 0.496 e. The Hall–Kier alpha value is -2.81. The maximum absolute atomic E-state index is 13.7. The fourth-order valence-corrected chi connectivity index (χ4v) is 3.74. The third kappa shape index (κ3) is 4.82. The van der Waals surface area contributed by atoms with Gasteiger partial charge in [0.15, 0.2) is 23.1 Å². The van der Waals surface area contributed by atoms with Gasteiger partial charge in [0, 0.05) is 16.7 Å². The van der Waals surface area contributed by atoms with Crippen LogP contribution in [-0.4, -0.2) is 51.3 Å². The van der Waals surface area contributed by atoms with Crippen LogP contribution in [0.2, 0.25) is 0 Å². The first-order valence-electron chi connectivity index (χ1n) is 9.84. The normalized spacial score (nSPS) is 18.9. The fraction of sp³-hybridized carbons (Fsp3) is 0.478. The van der Waals surface area contributed by atoms with Gasteiger partial charge in [0.25, 0.3) is 0 Å². The van der Waals surface area contributed by atoms with Crippen LogP contribution in [0.1, 0.15) is 49.5 Å². The van der Waals surface area contributed by atoms with Crippen LogP contribution in [0.15, 0.2) is 29.4 Å². The number of ketones is 2. The number of ether oxygens (including phenoxy) is 4. The van der Waals surface area contributed by atoms with Crippen LogP contribution in [0.3, 0.4) is 0 Å². The van der Waals surface area contributed by atoms with Gasteiger partial charge in [0.05, 0.1) is 26.9 Å². The van der Waals surface area contributed by atoms with E-state index in [9.17, 15) is 22.8 Å². The minimum Gasteiger partial charge on any atom is -0.496 e. The van der Waals surface area contributed by atoms with Gasteiger partial charge in [-0.25, -0.2) is 0 Å². The van der Waals surface area contributed by atoms with E-state index in [2.05, 4.69) is 0 Å². The molecule has 0 heterocycles. The molecule has 1 aromatic carbocycles. The Balaban J connectivity index is 2.76. The van der Waals surface area contributed by atoms with E-state index in [-0.39, 0.29) is 34.1 Å². The lowest BCUT2D eigenvalue weighted by molar-refractivity contribution is -0.189. The first-order valence-corrected chi connectivity index (χ1v) is 9.84. The summed E-state index contributed by atoms with van der Waals surface area (Å²) in [4.78, 5) is 26.1. The van der Waals surface area contributed by atoms with Crippen molar-refractivity contribution in [3.63, 3.8) is 0 Å². The number of alkyl halides is 3. The first kappa shape index (κ1) is 25.5. The number of methoxy groups -OCH3 is 3. The molecule has 176 valence electrons. The average molecular weight is 456 g/mol. The van der Waals surface area contributed by atoms with Crippen LogP contribution < -0.4 is 14.2 Å². The summed E-state index contributed by atoms with van der Waals surface area (Å²) in [6, 6.07) is 1.39. The highest BCUT2D eigenvalue weighted by molar-refractivity contribution is 6.19. The lowest BCUT2D eigenvalue weighted by Gasteiger charge is -2.33. The molecule has 1 aromatic rings. The van der Waals surface area contributed by atoms with Crippen molar-refractivity contribution in [2.75, 3.05) is 27.9 Å². The van der Waals surface area contributed by atoms with E-state index >= 15 is 0 Å². The topological polar surface area (TPSA) is 71.1 Å². The Morgan fingerprint density at radius 1 is 1.09 bits per heavy atom. The van der Waals surface area contributed by atoms with Gasteiger partial charge in [0.2, 0.25) is 0 Å². The van der Waals surface area contributed by atoms with Gasteiger partial charge in [0.1, 0.15) is 18.0 Å². The van der Waals surface area contributed by atoms with E-state index in [4.69, 9.17) is 18.9 Å². The van der Waals surface area contributed by atoms with Crippen molar-refractivity contribution >= 4 is 11.6 Å². The quantitative estimate of drug-likeness (QED) is 0.523. The Bertz CT molecular complexity index is 975. The molecule has 1 atom stereocenters. The average Bonchev–Trinajstić information content (AvgIpc) is 2.72. The van der Waals surface area contributed by atoms with Crippen molar-refractivity contribution in [1.82, 2.24) is 0 Å². The molecule has 1 aliphatic carbocycles. The van der Waals surface area contributed by atoms with Crippen LogP contribution in [-0.2, 0) is 9.53 Å². The molecule has 6 nitrogen and oxygen atoms in total. The number of carbonyl (C=O) groups is 2. The molecule has 0 saturated carbocycles. The summed E-state index contributed by atoms with van der Waals surface area (Å²) < 4.78 is 60.1. The first-order chi connectivity index (χ1) is 14.8. The molecule has 0 radical (unpaired) electrons. The van der Waals surface area contributed by atoms with E-state index in [1.165, 1.54) is 41.2 Å². The van der Waals surface area contributed by atoms with Crippen LogP contribution in [0, 0.1) is 0 Å². The number of hydrogen-bond donors (Lipinski definition) is 0. The molecule has 0 N–H and O–H groups in total. The minimum atomic E-state index is -4.62. The molecule has 0 aromatic heterocycles. The third-order valence-corrected chi connectivity index (χ3v) is 5.24. The SMILES string of the molecule is COc1cc(C(=O)C2=C(C)C(=O)C=CC2(C)OCC(F)(F)F)c(OC)c(C(C)C)c1OC. The van der Waals surface area contributed by atoms with Gasteiger partial charge in [-0.2, -0.15) is 13.2 Å². The molecule has 0 amide bonds. The molecule has 1 aliphatic rings. The van der Waals surface area contributed by atoms with Gasteiger partial charge in [-0.05, 0) is 38.0 Å². The zero-order valence-electron chi connectivity index (χ0n) is 19.1. The van der Waals surface area contributed by atoms with Crippen molar-refractivity contribution in [2.24, 2.45) is 0 Å². The van der Waals surface area contributed by atoms with Gasteiger partial charge < -0.3 is 18.9 Å². The number of rotatable bonds is 8. The Kier molecular flexibility index (Phi) is 7.44. The molecule has 1 unspecified atom stereocenters. The van der Waals surface area contributed by atoms with Crippen LogP contribution >= 0.6 is 0 Å². The third-order valence-electron chi connectivity index (χ3n) is 5.24. The van der Waals surface area contributed by atoms with E-state index in [1.54, 1.807) is 0 Å². The second-order valence-electron chi connectivity index (χ2n) is 7.80. The van der Waals surface area contributed by atoms with Crippen molar-refractivity contribution in [2.45, 2.75) is 45.4 Å². The van der Waals surface area contributed by atoms with E-state index in [0.29, 0.717) is 11.3 Å². The van der Waals surface area contributed by atoms with Crippen LogP contribution in [0.4, 0.5) is 13.2 Å². The van der Waals surface area contributed by atoms with E-state index in [0.717, 1.165) is 12.2 Å². The highest BCUT2D eigenvalue weighted by Gasteiger charge is 2.42. The maximum Gasteiger partial charge on any atom is 0.411 e. The monoisotopic (exact) mass is 456 g/mol. The fourth-order valence-electron chi connectivity index (χ4n) is 3.74. The number of allylic oxidation sites excluding steroid dienone is 2. The van der Waals surface area contributed by atoms with Crippen LogP contribution in [0.5, 0.6) is 17.2 Å². The standard InChI is InChI=1S/C23H27F3O6/c1-12(2)17-20(30-6)14(10-16(29-5)21(17)31-7)19(28)18-13(3)15(27)8-9-22(18,4)32-11-23(24,25)26/h8-10,12H,11H2,1-7H3. The predicted octanol–water partition coefficient (Wildman–Crippen LogP) is 4.81. The van der Waals surface area contributed by atoms with Gasteiger partial charge in [-0.1, -0.05) is 13.8 Å². The summed E-state index contributed by atoms with van der Waals surface area (Å²) in [5.41, 5.74) is -1.42. The number of Topliss-reactive ketones (excluding diaryl/α,β-unsaturated/α-hetero) is 1. The number of halogens is 3. The molecule has 2 rings (SSSR count).